The Kier molecular flexibility index (Phi) is 6.80. The fourth-order valence-corrected chi connectivity index (χ4v) is 2.67. The third kappa shape index (κ3) is 5.07. The van der Waals surface area contributed by atoms with E-state index in [0.29, 0.717) is 18.1 Å². The summed E-state index contributed by atoms with van der Waals surface area (Å²) in [6.45, 7) is 7.01. The van der Waals surface area contributed by atoms with Crippen molar-refractivity contribution in [1.29, 1.82) is 0 Å². The van der Waals surface area contributed by atoms with Crippen LogP contribution in [0.25, 0.3) is 6.08 Å². The van der Waals surface area contributed by atoms with Gasteiger partial charge in [-0.05, 0) is 48.3 Å². The van der Waals surface area contributed by atoms with E-state index in [4.69, 9.17) is 4.74 Å². The quantitative estimate of drug-likeness (QED) is 0.414. The maximum Gasteiger partial charge on any atom is 0.185 e. The van der Waals surface area contributed by atoms with Crippen LogP contribution in [0, 0.1) is 0 Å². The molecule has 0 radical (unpaired) electrons. The van der Waals surface area contributed by atoms with Crippen molar-refractivity contribution in [3.8, 4) is 5.75 Å². The lowest BCUT2D eigenvalue weighted by Crippen LogP contribution is -1.98. The number of carbonyl (C=O) groups excluding carboxylic acids is 1. The number of ether oxygens (including phenoxy) is 1. The maximum atomic E-state index is 12.4. The first-order chi connectivity index (χ1) is 11.5. The van der Waals surface area contributed by atoms with E-state index in [-0.39, 0.29) is 5.78 Å². The highest BCUT2D eigenvalue weighted by Crippen LogP contribution is 2.25. The van der Waals surface area contributed by atoms with Gasteiger partial charge in [0, 0.05) is 15.6 Å². The van der Waals surface area contributed by atoms with Crippen LogP contribution in [-0.2, 0) is 0 Å². The Morgan fingerprint density at radius 2 is 1.88 bits per heavy atom. The molecule has 0 aliphatic carbocycles. The lowest BCUT2D eigenvalue weighted by Gasteiger charge is -2.08. The van der Waals surface area contributed by atoms with Gasteiger partial charge in [0.1, 0.15) is 5.75 Å². The van der Waals surface area contributed by atoms with Gasteiger partial charge in [-0.2, -0.15) is 0 Å². The van der Waals surface area contributed by atoms with Crippen LogP contribution in [0.1, 0.15) is 54.6 Å². The van der Waals surface area contributed by atoms with Crippen LogP contribution in [0.3, 0.4) is 0 Å². The molecule has 0 bridgehead atoms. The molecule has 126 valence electrons. The van der Waals surface area contributed by atoms with Crippen LogP contribution in [0.15, 0.2) is 53.0 Å². The van der Waals surface area contributed by atoms with Crippen molar-refractivity contribution in [3.63, 3.8) is 0 Å². The van der Waals surface area contributed by atoms with Crippen LogP contribution in [-0.4, -0.2) is 12.4 Å². The normalized spacial score (nSPS) is 11.2. The van der Waals surface area contributed by atoms with Gasteiger partial charge in [0.15, 0.2) is 5.78 Å². The smallest absolute Gasteiger partial charge is 0.185 e. The first-order valence-corrected chi connectivity index (χ1v) is 9.05. The van der Waals surface area contributed by atoms with Crippen molar-refractivity contribution in [1.82, 2.24) is 0 Å². The van der Waals surface area contributed by atoms with Crippen LogP contribution < -0.4 is 4.74 Å². The van der Waals surface area contributed by atoms with E-state index in [1.165, 1.54) is 5.56 Å². The Labute approximate surface area is 152 Å². The zero-order valence-electron chi connectivity index (χ0n) is 14.4. The molecule has 0 N–H and O–H groups in total. The molecule has 3 heteroatoms. The topological polar surface area (TPSA) is 26.3 Å². The summed E-state index contributed by atoms with van der Waals surface area (Å²) in [5.41, 5.74) is 2.82. The second-order valence-corrected chi connectivity index (χ2v) is 6.92. The van der Waals surface area contributed by atoms with Crippen LogP contribution >= 0.6 is 15.9 Å². The van der Waals surface area contributed by atoms with Gasteiger partial charge < -0.3 is 4.74 Å². The van der Waals surface area contributed by atoms with E-state index in [9.17, 15) is 4.79 Å². The van der Waals surface area contributed by atoms with Gasteiger partial charge in [-0.15, -0.1) is 0 Å². The van der Waals surface area contributed by atoms with Crippen LogP contribution in [0.2, 0.25) is 0 Å². The molecule has 0 saturated heterocycles. The summed E-state index contributed by atoms with van der Waals surface area (Å²) in [6.07, 6.45) is 4.36. The Hall–Kier alpha value is -1.87. The molecule has 2 aromatic rings. The Balaban J connectivity index is 2.17. The molecule has 24 heavy (non-hydrogen) atoms. The van der Waals surface area contributed by atoms with Gasteiger partial charge in [-0.3, -0.25) is 4.79 Å². The number of benzene rings is 2. The molecule has 2 nitrogen and oxygen atoms in total. The molecule has 0 saturated carbocycles. The van der Waals surface area contributed by atoms with Crippen LogP contribution in [0.4, 0.5) is 0 Å². The molecule has 0 heterocycles. The molecule has 0 fully saturated rings. The maximum absolute atomic E-state index is 12.4. The molecular formula is C21H23BrO2. The van der Waals surface area contributed by atoms with E-state index in [0.717, 1.165) is 22.2 Å². The SMILES string of the molecule is CCCOc1ccc(Br)cc1/C=C/C(=O)c1ccc(C(C)C)cc1. The minimum atomic E-state index is -0.00766. The summed E-state index contributed by atoms with van der Waals surface area (Å²) < 4.78 is 6.70. The predicted molar refractivity (Wildman–Crippen MR) is 104 cm³/mol. The first kappa shape index (κ1) is 18.5. The summed E-state index contributed by atoms with van der Waals surface area (Å²) in [5.74, 6) is 1.25. The number of halogens is 1. The van der Waals surface area contributed by atoms with E-state index in [1.807, 2.05) is 48.5 Å². The Morgan fingerprint density at radius 1 is 1.17 bits per heavy atom. The summed E-state index contributed by atoms with van der Waals surface area (Å²) in [7, 11) is 0. The molecular weight excluding hydrogens is 364 g/mol. The lowest BCUT2D eigenvalue weighted by atomic mass is 10.0. The molecule has 2 aromatic carbocycles. The zero-order valence-corrected chi connectivity index (χ0v) is 16.0. The standard InChI is InChI=1S/C21H23BrO2/c1-4-13-24-21-12-10-19(22)14-18(21)9-11-20(23)17-7-5-16(6-8-17)15(2)3/h5-12,14-15H,4,13H2,1-3H3/b11-9+. The van der Waals surface area contributed by atoms with Gasteiger partial charge in [0.25, 0.3) is 0 Å². The van der Waals surface area contributed by atoms with Crippen molar-refractivity contribution >= 4 is 27.8 Å². The van der Waals surface area contributed by atoms with Crippen LogP contribution in [0.5, 0.6) is 5.75 Å². The largest absolute Gasteiger partial charge is 0.493 e. The van der Waals surface area contributed by atoms with E-state index >= 15 is 0 Å². The average Bonchev–Trinajstić information content (AvgIpc) is 2.58. The average molecular weight is 387 g/mol. The molecule has 0 aliphatic rings. The first-order valence-electron chi connectivity index (χ1n) is 8.26. The Bertz CT molecular complexity index is 715. The second-order valence-electron chi connectivity index (χ2n) is 6.00. The third-order valence-electron chi connectivity index (χ3n) is 3.71. The molecule has 0 aliphatic heterocycles. The predicted octanol–water partition coefficient (Wildman–Crippen LogP) is 6.26. The third-order valence-corrected chi connectivity index (χ3v) is 4.20. The number of ketones is 1. The highest BCUT2D eigenvalue weighted by molar-refractivity contribution is 9.10. The number of hydrogen-bond donors (Lipinski definition) is 0. The van der Waals surface area contributed by atoms with Gasteiger partial charge in [-0.1, -0.05) is 61.0 Å². The Morgan fingerprint density at radius 3 is 2.50 bits per heavy atom. The number of hydrogen-bond acceptors (Lipinski definition) is 2. The monoisotopic (exact) mass is 386 g/mol. The number of allylic oxidation sites excluding steroid dienone is 1. The number of carbonyl (C=O) groups is 1. The van der Waals surface area contributed by atoms with Gasteiger partial charge in [0.2, 0.25) is 0 Å². The minimum absolute atomic E-state index is 0.00766. The summed E-state index contributed by atoms with van der Waals surface area (Å²) in [6, 6.07) is 13.6. The van der Waals surface area contributed by atoms with E-state index in [1.54, 1.807) is 6.08 Å². The highest BCUT2D eigenvalue weighted by Gasteiger charge is 2.06. The van der Waals surface area contributed by atoms with Gasteiger partial charge >= 0.3 is 0 Å². The molecule has 2 rings (SSSR count). The molecule has 0 unspecified atom stereocenters. The lowest BCUT2D eigenvalue weighted by molar-refractivity contribution is 0.104. The molecule has 0 aromatic heterocycles. The summed E-state index contributed by atoms with van der Waals surface area (Å²) in [4.78, 5) is 12.4. The minimum Gasteiger partial charge on any atom is -0.493 e. The molecule has 0 atom stereocenters. The van der Waals surface area contributed by atoms with Gasteiger partial charge in [0.05, 0.1) is 6.61 Å². The molecule has 0 spiro atoms. The zero-order chi connectivity index (χ0) is 17.5. The molecule has 0 amide bonds. The van der Waals surface area contributed by atoms with Crippen molar-refractivity contribution in [2.75, 3.05) is 6.61 Å². The van der Waals surface area contributed by atoms with Gasteiger partial charge in [-0.25, -0.2) is 0 Å². The fraction of sp³-hybridized carbons (Fsp3) is 0.286. The van der Waals surface area contributed by atoms with Crippen molar-refractivity contribution in [2.45, 2.75) is 33.1 Å². The van der Waals surface area contributed by atoms with E-state index < -0.39 is 0 Å². The van der Waals surface area contributed by atoms with Crippen molar-refractivity contribution in [2.24, 2.45) is 0 Å². The van der Waals surface area contributed by atoms with Crippen molar-refractivity contribution in [3.05, 3.63) is 69.7 Å². The fourth-order valence-electron chi connectivity index (χ4n) is 2.29. The summed E-state index contributed by atoms with van der Waals surface area (Å²) >= 11 is 3.46. The van der Waals surface area contributed by atoms with Crippen molar-refractivity contribution < 1.29 is 9.53 Å². The highest BCUT2D eigenvalue weighted by atomic mass is 79.9. The number of rotatable bonds is 7. The summed E-state index contributed by atoms with van der Waals surface area (Å²) in [5, 5.41) is 0. The second kappa shape index (κ2) is 8.84. The van der Waals surface area contributed by atoms with E-state index in [2.05, 4.69) is 36.7 Å².